The number of hydrogen-bond donors (Lipinski definition) is 2. The van der Waals surface area contributed by atoms with Crippen LogP contribution in [0.2, 0.25) is 0 Å². The SMILES string of the molecule is Cc1cc(C)c2c(n1)SCCN2C(=O)Nc1ccc(C(=O)NCCN2CCCCCC2)cc1. The predicted molar refractivity (Wildman–Crippen MR) is 134 cm³/mol. The van der Waals surface area contributed by atoms with Crippen LogP contribution in [0.1, 0.15) is 47.3 Å². The summed E-state index contributed by atoms with van der Waals surface area (Å²) in [5.74, 6) is 0.731. The normalized spacial score (nSPS) is 16.6. The van der Waals surface area contributed by atoms with Gasteiger partial charge in [-0.15, -0.1) is 11.8 Å². The van der Waals surface area contributed by atoms with E-state index < -0.39 is 0 Å². The van der Waals surface area contributed by atoms with Gasteiger partial charge in [0.1, 0.15) is 5.03 Å². The summed E-state index contributed by atoms with van der Waals surface area (Å²) in [4.78, 5) is 34.3. The summed E-state index contributed by atoms with van der Waals surface area (Å²) in [7, 11) is 0. The number of urea groups is 1. The van der Waals surface area contributed by atoms with E-state index in [-0.39, 0.29) is 11.9 Å². The van der Waals surface area contributed by atoms with Crippen LogP contribution in [0.15, 0.2) is 35.4 Å². The van der Waals surface area contributed by atoms with Crippen molar-refractivity contribution in [3.8, 4) is 0 Å². The third-order valence-corrected chi connectivity index (χ3v) is 7.10. The van der Waals surface area contributed by atoms with Gasteiger partial charge in [0.15, 0.2) is 0 Å². The molecule has 3 heterocycles. The highest BCUT2D eigenvalue weighted by atomic mass is 32.2. The first-order chi connectivity index (χ1) is 16.0. The number of benzene rings is 1. The Bertz CT molecular complexity index is 987. The topological polar surface area (TPSA) is 77.6 Å². The number of rotatable bonds is 5. The summed E-state index contributed by atoms with van der Waals surface area (Å²) in [6, 6.07) is 8.90. The maximum absolute atomic E-state index is 13.0. The average molecular weight is 468 g/mol. The number of aromatic nitrogens is 1. The molecule has 1 aromatic carbocycles. The van der Waals surface area contributed by atoms with E-state index in [4.69, 9.17) is 0 Å². The van der Waals surface area contributed by atoms with Gasteiger partial charge in [0.2, 0.25) is 0 Å². The minimum Gasteiger partial charge on any atom is -0.351 e. The Kier molecular flexibility index (Phi) is 7.88. The lowest BCUT2D eigenvalue weighted by Crippen LogP contribution is -2.39. The molecule has 0 spiro atoms. The zero-order valence-corrected chi connectivity index (χ0v) is 20.3. The van der Waals surface area contributed by atoms with E-state index in [2.05, 4.69) is 20.5 Å². The van der Waals surface area contributed by atoms with Gasteiger partial charge in [-0.1, -0.05) is 12.8 Å². The Morgan fingerprint density at radius 2 is 1.76 bits per heavy atom. The van der Waals surface area contributed by atoms with Crippen molar-refractivity contribution in [2.45, 2.75) is 44.6 Å². The number of pyridine rings is 1. The van der Waals surface area contributed by atoms with E-state index >= 15 is 0 Å². The lowest BCUT2D eigenvalue weighted by atomic mass is 10.2. The number of carbonyl (C=O) groups excluding carboxylic acids is 2. The summed E-state index contributed by atoms with van der Waals surface area (Å²) in [5, 5.41) is 6.88. The summed E-state index contributed by atoms with van der Waals surface area (Å²) < 4.78 is 0. The average Bonchev–Trinajstić information content (AvgIpc) is 3.07. The van der Waals surface area contributed by atoms with Crippen molar-refractivity contribution in [3.05, 3.63) is 47.2 Å². The molecular formula is C25H33N5O2S. The van der Waals surface area contributed by atoms with Gasteiger partial charge >= 0.3 is 6.03 Å². The van der Waals surface area contributed by atoms with Gasteiger partial charge in [-0.3, -0.25) is 9.69 Å². The molecular weight excluding hydrogens is 434 g/mol. The van der Waals surface area contributed by atoms with Gasteiger partial charge in [0, 0.05) is 42.3 Å². The minimum atomic E-state index is -0.181. The quantitative estimate of drug-likeness (QED) is 0.679. The number of fused-ring (bicyclic) bond motifs is 1. The van der Waals surface area contributed by atoms with Crippen molar-refractivity contribution in [2.24, 2.45) is 0 Å². The zero-order chi connectivity index (χ0) is 23.2. The van der Waals surface area contributed by atoms with Crippen LogP contribution in [0.3, 0.4) is 0 Å². The van der Waals surface area contributed by atoms with Gasteiger partial charge in [-0.25, -0.2) is 9.78 Å². The number of nitrogens with one attached hydrogen (secondary N) is 2. The Balaban J connectivity index is 1.31. The zero-order valence-electron chi connectivity index (χ0n) is 19.5. The van der Waals surface area contributed by atoms with Crippen LogP contribution in [0, 0.1) is 13.8 Å². The molecule has 2 aliphatic heterocycles. The lowest BCUT2D eigenvalue weighted by molar-refractivity contribution is 0.0948. The van der Waals surface area contributed by atoms with Crippen LogP contribution < -0.4 is 15.5 Å². The van der Waals surface area contributed by atoms with E-state index in [1.807, 2.05) is 19.9 Å². The van der Waals surface area contributed by atoms with Crippen LogP contribution in [0.25, 0.3) is 0 Å². The molecule has 0 saturated carbocycles. The summed E-state index contributed by atoms with van der Waals surface area (Å²) in [6.45, 7) is 8.41. The molecule has 2 aromatic rings. The van der Waals surface area contributed by atoms with Crippen molar-refractivity contribution in [1.29, 1.82) is 0 Å². The van der Waals surface area contributed by atoms with E-state index in [0.29, 0.717) is 24.3 Å². The Labute approximate surface area is 200 Å². The number of hydrogen-bond acceptors (Lipinski definition) is 5. The highest BCUT2D eigenvalue weighted by Gasteiger charge is 2.26. The number of carbonyl (C=O) groups is 2. The number of amides is 3. The Hall–Kier alpha value is -2.58. The van der Waals surface area contributed by atoms with Gasteiger partial charge < -0.3 is 15.5 Å². The molecule has 1 saturated heterocycles. The van der Waals surface area contributed by atoms with E-state index in [1.54, 1.807) is 40.9 Å². The summed E-state index contributed by atoms with van der Waals surface area (Å²) in [6.07, 6.45) is 5.12. The first-order valence-electron chi connectivity index (χ1n) is 11.8. The van der Waals surface area contributed by atoms with E-state index in [0.717, 1.165) is 47.4 Å². The van der Waals surface area contributed by atoms with Crippen molar-refractivity contribution < 1.29 is 9.59 Å². The number of thioether (sulfide) groups is 1. The van der Waals surface area contributed by atoms with E-state index in [9.17, 15) is 9.59 Å². The molecule has 3 amide bonds. The fourth-order valence-corrected chi connectivity index (χ4v) is 5.54. The molecule has 33 heavy (non-hydrogen) atoms. The molecule has 8 heteroatoms. The molecule has 0 atom stereocenters. The molecule has 2 N–H and O–H groups in total. The highest BCUT2D eigenvalue weighted by molar-refractivity contribution is 7.99. The smallest absolute Gasteiger partial charge is 0.326 e. The standard InChI is InChI=1S/C25H33N5O2S/c1-18-17-19(2)27-24-22(18)30(15-16-33-24)25(32)28-21-9-7-20(8-10-21)23(31)26-11-14-29-12-5-3-4-6-13-29/h7-10,17H,3-6,11-16H2,1-2H3,(H,26,31)(H,28,32). The molecule has 4 rings (SSSR count). The van der Waals surface area contributed by atoms with Crippen molar-refractivity contribution in [2.75, 3.05) is 48.7 Å². The molecule has 0 radical (unpaired) electrons. The predicted octanol–water partition coefficient (Wildman–Crippen LogP) is 4.45. The first-order valence-corrected chi connectivity index (χ1v) is 12.8. The number of nitrogens with zero attached hydrogens (tertiary/aromatic N) is 3. The first kappa shape index (κ1) is 23.6. The highest BCUT2D eigenvalue weighted by Crippen LogP contribution is 2.36. The Morgan fingerprint density at radius 1 is 1.03 bits per heavy atom. The van der Waals surface area contributed by atoms with Gasteiger partial charge in [0.05, 0.1) is 5.69 Å². The molecule has 1 aromatic heterocycles. The van der Waals surface area contributed by atoms with E-state index in [1.165, 1.54) is 25.7 Å². The fourth-order valence-electron chi connectivity index (χ4n) is 4.46. The van der Waals surface area contributed by atoms with Crippen LogP contribution in [0.5, 0.6) is 0 Å². The molecule has 2 aliphatic rings. The van der Waals surface area contributed by atoms with Gasteiger partial charge in [-0.05, 0) is 75.7 Å². The molecule has 7 nitrogen and oxygen atoms in total. The number of aryl methyl sites for hydroxylation is 2. The lowest BCUT2D eigenvalue weighted by Gasteiger charge is -2.30. The van der Waals surface area contributed by atoms with Crippen LogP contribution in [-0.2, 0) is 0 Å². The summed E-state index contributed by atoms with van der Waals surface area (Å²) in [5.41, 5.74) is 4.15. The number of anilines is 2. The van der Waals surface area contributed by atoms with Crippen LogP contribution >= 0.6 is 11.8 Å². The van der Waals surface area contributed by atoms with Crippen LogP contribution in [-0.4, -0.2) is 60.3 Å². The molecule has 176 valence electrons. The van der Waals surface area contributed by atoms with Gasteiger partial charge in [-0.2, -0.15) is 0 Å². The molecule has 0 unspecified atom stereocenters. The Morgan fingerprint density at radius 3 is 2.48 bits per heavy atom. The maximum Gasteiger partial charge on any atom is 0.326 e. The van der Waals surface area contributed by atoms with Crippen molar-refractivity contribution in [1.82, 2.24) is 15.2 Å². The third kappa shape index (κ3) is 6.06. The molecule has 1 fully saturated rings. The molecule has 0 aliphatic carbocycles. The second kappa shape index (κ2) is 11.0. The minimum absolute atomic E-state index is 0.0817. The monoisotopic (exact) mass is 467 g/mol. The second-order valence-corrected chi connectivity index (χ2v) is 9.84. The van der Waals surface area contributed by atoms with Gasteiger partial charge in [0.25, 0.3) is 5.91 Å². The number of likely N-dealkylation sites (tertiary alicyclic amines) is 1. The third-order valence-electron chi connectivity index (χ3n) is 6.16. The fraction of sp³-hybridized carbons (Fsp3) is 0.480. The molecule has 0 bridgehead atoms. The van der Waals surface area contributed by atoms with Crippen molar-refractivity contribution >= 4 is 35.1 Å². The maximum atomic E-state index is 13.0. The van der Waals surface area contributed by atoms with Crippen LogP contribution in [0.4, 0.5) is 16.2 Å². The summed E-state index contributed by atoms with van der Waals surface area (Å²) >= 11 is 1.69. The second-order valence-electron chi connectivity index (χ2n) is 8.75. The largest absolute Gasteiger partial charge is 0.351 e. The van der Waals surface area contributed by atoms with Crippen molar-refractivity contribution in [3.63, 3.8) is 0 Å².